The van der Waals surface area contributed by atoms with Crippen LogP contribution in [0, 0.1) is 0 Å². The van der Waals surface area contributed by atoms with Crippen molar-refractivity contribution in [2.24, 2.45) is 0 Å². The van der Waals surface area contributed by atoms with Crippen molar-refractivity contribution < 1.29 is 19.4 Å². The molecule has 0 fully saturated rings. The fourth-order valence-electron chi connectivity index (χ4n) is 6.76. The molecular weight excluding hydrogens is 594 g/mol. The van der Waals surface area contributed by atoms with Gasteiger partial charge < -0.3 is 19.5 Å². The van der Waals surface area contributed by atoms with Crippen LogP contribution in [0.5, 0.6) is 0 Å². The first-order chi connectivity index (χ1) is 23.7. The summed E-state index contributed by atoms with van der Waals surface area (Å²) in [5, 5.41) is 9.53. The van der Waals surface area contributed by atoms with E-state index in [0.717, 1.165) is 58.5 Å². The zero-order valence-electron chi connectivity index (χ0n) is 33.1. The average molecular weight is 682 g/mol. The standard InChI is InChI=1S/C43H87NO4/c1-4-7-10-13-16-24-31-40-47-41-32-25-18-23-30-37-44(38-39-45)36-29-22-17-21-28-35-43(46)48-42(33-26-19-14-11-8-5-2)34-27-20-15-12-9-6-3/h42,45H,4-41H2,1-3H3. The monoisotopic (exact) mass is 682 g/mol. The minimum absolute atomic E-state index is 0.0297. The molecule has 0 heterocycles. The highest BCUT2D eigenvalue weighted by Gasteiger charge is 2.14. The van der Waals surface area contributed by atoms with Crippen LogP contribution in [-0.4, -0.2) is 61.5 Å². The molecule has 0 radical (unpaired) electrons. The number of hydrogen-bond acceptors (Lipinski definition) is 5. The van der Waals surface area contributed by atoms with E-state index in [1.54, 1.807) is 0 Å². The third-order valence-corrected chi connectivity index (χ3v) is 9.98. The molecule has 0 aliphatic heterocycles. The average Bonchev–Trinajstić information content (AvgIpc) is 3.08. The van der Waals surface area contributed by atoms with E-state index in [4.69, 9.17) is 9.47 Å². The van der Waals surface area contributed by atoms with E-state index in [0.29, 0.717) is 6.42 Å². The topological polar surface area (TPSA) is 59.0 Å². The van der Waals surface area contributed by atoms with Crippen LogP contribution < -0.4 is 0 Å². The van der Waals surface area contributed by atoms with Gasteiger partial charge in [0.2, 0.25) is 0 Å². The Hall–Kier alpha value is -0.650. The van der Waals surface area contributed by atoms with Crippen LogP contribution in [0.2, 0.25) is 0 Å². The van der Waals surface area contributed by atoms with Crippen LogP contribution in [0.25, 0.3) is 0 Å². The summed E-state index contributed by atoms with van der Waals surface area (Å²) in [5.74, 6) is 0.0297. The lowest BCUT2D eigenvalue weighted by molar-refractivity contribution is -0.150. The number of carbonyl (C=O) groups is 1. The molecule has 48 heavy (non-hydrogen) atoms. The van der Waals surface area contributed by atoms with Crippen molar-refractivity contribution in [1.82, 2.24) is 4.90 Å². The molecule has 0 aromatic rings. The van der Waals surface area contributed by atoms with Gasteiger partial charge in [-0.05, 0) is 70.9 Å². The Bertz CT molecular complexity index is 600. The van der Waals surface area contributed by atoms with E-state index in [2.05, 4.69) is 25.7 Å². The van der Waals surface area contributed by atoms with Crippen molar-refractivity contribution >= 4 is 5.97 Å². The van der Waals surface area contributed by atoms with Crippen molar-refractivity contribution in [3.63, 3.8) is 0 Å². The number of aliphatic hydroxyl groups is 1. The van der Waals surface area contributed by atoms with E-state index in [1.165, 1.54) is 173 Å². The van der Waals surface area contributed by atoms with Crippen molar-refractivity contribution in [3.8, 4) is 0 Å². The number of nitrogens with zero attached hydrogens (tertiary/aromatic N) is 1. The minimum Gasteiger partial charge on any atom is -0.462 e. The second kappa shape index (κ2) is 40.8. The van der Waals surface area contributed by atoms with Crippen LogP contribution in [0.3, 0.4) is 0 Å². The van der Waals surface area contributed by atoms with Gasteiger partial charge in [-0.1, -0.05) is 162 Å². The maximum absolute atomic E-state index is 12.7. The van der Waals surface area contributed by atoms with Gasteiger partial charge in [-0.25, -0.2) is 0 Å². The first-order valence-corrected chi connectivity index (χ1v) is 21.8. The van der Waals surface area contributed by atoms with Crippen LogP contribution in [0.4, 0.5) is 0 Å². The molecule has 0 rings (SSSR count). The Morgan fingerprint density at radius 1 is 0.479 bits per heavy atom. The summed E-state index contributed by atoms with van der Waals surface area (Å²) in [7, 11) is 0. The Kier molecular flexibility index (Phi) is 40.2. The van der Waals surface area contributed by atoms with Gasteiger partial charge in [-0.3, -0.25) is 4.79 Å². The molecule has 0 atom stereocenters. The Morgan fingerprint density at radius 3 is 1.29 bits per heavy atom. The highest BCUT2D eigenvalue weighted by Crippen LogP contribution is 2.18. The fraction of sp³-hybridized carbons (Fsp3) is 0.977. The third-order valence-electron chi connectivity index (χ3n) is 9.98. The molecule has 0 aromatic carbocycles. The van der Waals surface area contributed by atoms with Crippen LogP contribution >= 0.6 is 0 Å². The quantitative estimate of drug-likeness (QED) is 0.0514. The maximum atomic E-state index is 12.7. The molecule has 5 nitrogen and oxygen atoms in total. The molecule has 288 valence electrons. The summed E-state index contributed by atoms with van der Waals surface area (Å²) in [6.07, 6.45) is 39.6. The number of esters is 1. The maximum Gasteiger partial charge on any atom is 0.306 e. The molecule has 5 heteroatoms. The Morgan fingerprint density at radius 2 is 0.854 bits per heavy atom. The molecule has 0 bridgehead atoms. The van der Waals surface area contributed by atoms with Gasteiger partial charge in [-0.2, -0.15) is 0 Å². The van der Waals surface area contributed by atoms with Gasteiger partial charge in [0.15, 0.2) is 0 Å². The lowest BCUT2D eigenvalue weighted by Gasteiger charge is -2.21. The zero-order chi connectivity index (χ0) is 35.0. The molecule has 0 spiro atoms. The molecule has 1 N–H and O–H groups in total. The molecule has 0 aliphatic carbocycles. The summed E-state index contributed by atoms with van der Waals surface area (Å²) < 4.78 is 11.9. The predicted octanol–water partition coefficient (Wildman–Crippen LogP) is 12.8. The molecule has 0 saturated carbocycles. The van der Waals surface area contributed by atoms with E-state index < -0.39 is 0 Å². The highest BCUT2D eigenvalue weighted by molar-refractivity contribution is 5.69. The number of hydrogen-bond donors (Lipinski definition) is 1. The predicted molar refractivity (Wildman–Crippen MR) is 209 cm³/mol. The largest absolute Gasteiger partial charge is 0.462 e. The van der Waals surface area contributed by atoms with Crippen molar-refractivity contribution in [1.29, 1.82) is 0 Å². The molecule has 0 saturated heterocycles. The van der Waals surface area contributed by atoms with Crippen LogP contribution in [-0.2, 0) is 14.3 Å². The van der Waals surface area contributed by atoms with Gasteiger partial charge in [0.05, 0.1) is 6.61 Å². The Labute approximate surface area is 301 Å². The van der Waals surface area contributed by atoms with E-state index in [9.17, 15) is 9.90 Å². The smallest absolute Gasteiger partial charge is 0.306 e. The van der Waals surface area contributed by atoms with Gasteiger partial charge in [0.1, 0.15) is 6.10 Å². The molecular formula is C43H87NO4. The van der Waals surface area contributed by atoms with E-state index in [-0.39, 0.29) is 18.7 Å². The fourth-order valence-corrected chi connectivity index (χ4v) is 6.76. The van der Waals surface area contributed by atoms with Gasteiger partial charge >= 0.3 is 5.97 Å². The highest BCUT2D eigenvalue weighted by atomic mass is 16.5. The number of aliphatic hydroxyl groups excluding tert-OH is 1. The van der Waals surface area contributed by atoms with Crippen molar-refractivity contribution in [3.05, 3.63) is 0 Å². The lowest BCUT2D eigenvalue weighted by Crippen LogP contribution is -2.29. The summed E-state index contributed by atoms with van der Waals surface area (Å²) in [6.45, 7) is 11.9. The second-order valence-corrected chi connectivity index (χ2v) is 14.8. The summed E-state index contributed by atoms with van der Waals surface area (Å²) in [4.78, 5) is 15.1. The molecule has 0 amide bonds. The summed E-state index contributed by atoms with van der Waals surface area (Å²) >= 11 is 0. The first kappa shape index (κ1) is 47.4. The van der Waals surface area contributed by atoms with Crippen LogP contribution in [0.15, 0.2) is 0 Å². The van der Waals surface area contributed by atoms with E-state index in [1.807, 2.05) is 0 Å². The Balaban J connectivity index is 3.89. The van der Waals surface area contributed by atoms with Crippen LogP contribution in [0.1, 0.15) is 226 Å². The molecule has 0 unspecified atom stereocenters. The zero-order valence-corrected chi connectivity index (χ0v) is 33.1. The summed E-state index contributed by atoms with van der Waals surface area (Å²) in [5.41, 5.74) is 0. The lowest BCUT2D eigenvalue weighted by atomic mass is 10.0. The molecule has 0 aliphatic rings. The molecule has 0 aromatic heterocycles. The number of ether oxygens (including phenoxy) is 2. The van der Waals surface area contributed by atoms with Crippen molar-refractivity contribution in [2.75, 3.05) is 39.5 Å². The SMILES string of the molecule is CCCCCCCCCOCCCCCCCN(CCO)CCCCCCCC(=O)OC(CCCCCCCC)CCCCCCCC. The van der Waals surface area contributed by atoms with Gasteiger partial charge in [0.25, 0.3) is 0 Å². The first-order valence-electron chi connectivity index (χ1n) is 21.8. The van der Waals surface area contributed by atoms with Gasteiger partial charge in [-0.15, -0.1) is 0 Å². The minimum atomic E-state index is 0.0297. The number of rotatable bonds is 41. The van der Waals surface area contributed by atoms with Crippen molar-refractivity contribution in [2.45, 2.75) is 232 Å². The number of unbranched alkanes of at least 4 members (excludes halogenated alkanes) is 24. The second-order valence-electron chi connectivity index (χ2n) is 14.8. The number of carbonyl (C=O) groups excluding carboxylic acids is 1. The van der Waals surface area contributed by atoms with E-state index >= 15 is 0 Å². The third kappa shape index (κ3) is 36.6. The summed E-state index contributed by atoms with van der Waals surface area (Å²) in [6, 6.07) is 0. The van der Waals surface area contributed by atoms with Gasteiger partial charge in [0, 0.05) is 26.2 Å². The normalized spacial score (nSPS) is 11.7.